The lowest BCUT2D eigenvalue weighted by molar-refractivity contribution is -0.131. The summed E-state index contributed by atoms with van der Waals surface area (Å²) in [5.41, 5.74) is 1.74. The van der Waals surface area contributed by atoms with Crippen LogP contribution in [0.1, 0.15) is 11.1 Å². The lowest BCUT2D eigenvalue weighted by Gasteiger charge is -2.10. The third kappa shape index (κ3) is 3.62. The number of benzene rings is 2. The molecule has 0 amide bonds. The second-order valence-corrected chi connectivity index (χ2v) is 4.65. The zero-order valence-corrected chi connectivity index (χ0v) is 11.6. The number of hydrogen-bond donors (Lipinski definition) is 1. The van der Waals surface area contributed by atoms with Crippen LogP contribution in [0.2, 0.25) is 5.02 Å². The van der Waals surface area contributed by atoms with Crippen molar-refractivity contribution in [2.75, 3.05) is 0 Å². The van der Waals surface area contributed by atoms with Crippen molar-refractivity contribution in [1.29, 1.82) is 0 Å². The van der Waals surface area contributed by atoms with Gasteiger partial charge in [0.2, 0.25) is 0 Å². The lowest BCUT2D eigenvalue weighted by Crippen LogP contribution is -1.90. The molecule has 0 spiro atoms. The molecule has 0 heterocycles. The first-order chi connectivity index (χ1) is 9.56. The Hall–Kier alpha value is -2.26. The molecule has 0 aliphatic rings. The number of carboxylic acid groups (broad SMARTS) is 1. The van der Waals surface area contributed by atoms with Gasteiger partial charge < -0.3 is 9.84 Å². The Kier molecular flexibility index (Phi) is 4.43. The van der Waals surface area contributed by atoms with E-state index in [1.807, 2.05) is 31.2 Å². The van der Waals surface area contributed by atoms with Crippen LogP contribution in [-0.2, 0) is 4.79 Å². The van der Waals surface area contributed by atoms with E-state index in [4.69, 9.17) is 21.4 Å². The Morgan fingerprint density at radius 2 is 1.90 bits per heavy atom. The molecule has 0 aliphatic heterocycles. The van der Waals surface area contributed by atoms with E-state index in [0.29, 0.717) is 22.1 Å². The highest BCUT2D eigenvalue weighted by Crippen LogP contribution is 2.33. The van der Waals surface area contributed by atoms with Crippen molar-refractivity contribution in [3.63, 3.8) is 0 Å². The smallest absolute Gasteiger partial charge is 0.328 e. The molecule has 0 aromatic heterocycles. The summed E-state index contributed by atoms with van der Waals surface area (Å²) >= 11 is 6.12. The van der Waals surface area contributed by atoms with Gasteiger partial charge in [-0.2, -0.15) is 0 Å². The highest BCUT2D eigenvalue weighted by molar-refractivity contribution is 6.32. The monoisotopic (exact) mass is 288 g/mol. The van der Waals surface area contributed by atoms with Crippen molar-refractivity contribution < 1.29 is 14.6 Å². The third-order valence-corrected chi connectivity index (χ3v) is 2.94. The number of para-hydroxylation sites is 1. The number of hydrogen-bond acceptors (Lipinski definition) is 2. The van der Waals surface area contributed by atoms with Crippen molar-refractivity contribution in [2.24, 2.45) is 0 Å². The summed E-state index contributed by atoms with van der Waals surface area (Å²) in [5, 5.41) is 9.12. The molecular formula is C16H13ClO3. The summed E-state index contributed by atoms with van der Waals surface area (Å²) in [5.74, 6) is 0.0652. The highest BCUT2D eigenvalue weighted by Gasteiger charge is 2.08. The molecule has 102 valence electrons. The number of aliphatic carboxylic acids is 1. The quantitative estimate of drug-likeness (QED) is 0.840. The second-order valence-electron chi connectivity index (χ2n) is 4.24. The number of ether oxygens (including phenoxy) is 1. The molecule has 2 rings (SSSR count). The van der Waals surface area contributed by atoms with Crippen LogP contribution in [-0.4, -0.2) is 11.1 Å². The molecule has 20 heavy (non-hydrogen) atoms. The summed E-state index contributed by atoms with van der Waals surface area (Å²) in [6.45, 7) is 1.99. The first kappa shape index (κ1) is 14.2. The van der Waals surface area contributed by atoms with E-state index in [9.17, 15) is 4.79 Å². The number of aryl methyl sites for hydroxylation is 1. The SMILES string of the molecule is Cc1ccc(Oc2c(Cl)cccc2/C=C/C(=O)O)cc1. The summed E-state index contributed by atoms with van der Waals surface area (Å²) in [4.78, 5) is 10.6. The first-order valence-electron chi connectivity index (χ1n) is 6.00. The number of carboxylic acids is 1. The van der Waals surface area contributed by atoms with Crippen molar-refractivity contribution in [1.82, 2.24) is 0 Å². The maximum Gasteiger partial charge on any atom is 0.328 e. The van der Waals surface area contributed by atoms with Gasteiger partial charge in [-0.25, -0.2) is 4.79 Å². The average molecular weight is 289 g/mol. The standard InChI is InChI=1S/C16H13ClO3/c1-11-5-8-13(9-6-11)20-16-12(7-10-15(18)19)3-2-4-14(16)17/h2-10H,1H3,(H,18,19)/b10-7+. The van der Waals surface area contributed by atoms with Gasteiger partial charge in [0.1, 0.15) is 5.75 Å². The molecule has 2 aromatic rings. The van der Waals surface area contributed by atoms with E-state index in [1.165, 1.54) is 6.08 Å². The molecule has 0 fully saturated rings. The van der Waals surface area contributed by atoms with E-state index in [0.717, 1.165) is 11.6 Å². The Morgan fingerprint density at radius 1 is 1.20 bits per heavy atom. The van der Waals surface area contributed by atoms with Gasteiger partial charge in [0.15, 0.2) is 5.75 Å². The minimum atomic E-state index is -1.02. The number of carbonyl (C=O) groups is 1. The van der Waals surface area contributed by atoms with Crippen LogP contribution >= 0.6 is 11.6 Å². The molecule has 0 aliphatic carbocycles. The normalized spacial score (nSPS) is 10.7. The maximum absolute atomic E-state index is 10.6. The second kappa shape index (κ2) is 6.26. The van der Waals surface area contributed by atoms with Crippen molar-refractivity contribution in [2.45, 2.75) is 6.92 Å². The zero-order chi connectivity index (χ0) is 14.5. The van der Waals surface area contributed by atoms with Crippen LogP contribution in [0.15, 0.2) is 48.5 Å². The Morgan fingerprint density at radius 3 is 2.55 bits per heavy atom. The van der Waals surface area contributed by atoms with Gasteiger partial charge in [0.25, 0.3) is 0 Å². The summed E-state index contributed by atoms with van der Waals surface area (Å²) in [6.07, 6.45) is 2.51. The van der Waals surface area contributed by atoms with Crippen LogP contribution in [0, 0.1) is 6.92 Å². The summed E-state index contributed by atoms with van der Waals surface area (Å²) in [7, 11) is 0. The Balaban J connectivity index is 2.34. The molecule has 0 unspecified atom stereocenters. The van der Waals surface area contributed by atoms with E-state index < -0.39 is 5.97 Å². The van der Waals surface area contributed by atoms with Crippen LogP contribution in [0.3, 0.4) is 0 Å². The van der Waals surface area contributed by atoms with E-state index in [2.05, 4.69) is 0 Å². The fourth-order valence-electron chi connectivity index (χ4n) is 1.65. The molecule has 4 heteroatoms. The molecule has 3 nitrogen and oxygen atoms in total. The topological polar surface area (TPSA) is 46.5 Å². The molecule has 0 saturated carbocycles. The van der Waals surface area contributed by atoms with E-state index in [-0.39, 0.29) is 0 Å². The number of halogens is 1. The first-order valence-corrected chi connectivity index (χ1v) is 6.38. The van der Waals surface area contributed by atoms with Crippen LogP contribution < -0.4 is 4.74 Å². The largest absolute Gasteiger partial charge is 0.478 e. The van der Waals surface area contributed by atoms with Gasteiger partial charge in [-0.1, -0.05) is 41.4 Å². The Bertz CT molecular complexity index is 645. The van der Waals surface area contributed by atoms with E-state index >= 15 is 0 Å². The van der Waals surface area contributed by atoms with Gasteiger partial charge in [0, 0.05) is 11.6 Å². The minimum Gasteiger partial charge on any atom is -0.478 e. The molecule has 2 aromatic carbocycles. The summed E-state index contributed by atoms with van der Waals surface area (Å²) in [6, 6.07) is 12.7. The maximum atomic E-state index is 10.6. The van der Waals surface area contributed by atoms with Crippen LogP contribution in [0.5, 0.6) is 11.5 Å². The summed E-state index contributed by atoms with van der Waals surface area (Å²) < 4.78 is 5.75. The molecule has 0 radical (unpaired) electrons. The predicted octanol–water partition coefficient (Wildman–Crippen LogP) is 4.54. The fraction of sp³-hybridized carbons (Fsp3) is 0.0625. The van der Waals surface area contributed by atoms with Gasteiger partial charge in [-0.3, -0.25) is 0 Å². The van der Waals surface area contributed by atoms with Gasteiger partial charge in [0.05, 0.1) is 5.02 Å². The van der Waals surface area contributed by atoms with Crippen molar-refractivity contribution in [3.8, 4) is 11.5 Å². The molecule has 0 saturated heterocycles. The van der Waals surface area contributed by atoms with E-state index in [1.54, 1.807) is 18.2 Å². The van der Waals surface area contributed by atoms with Gasteiger partial charge in [-0.15, -0.1) is 0 Å². The molecule has 0 bridgehead atoms. The molecular weight excluding hydrogens is 276 g/mol. The van der Waals surface area contributed by atoms with Crippen molar-refractivity contribution in [3.05, 3.63) is 64.7 Å². The van der Waals surface area contributed by atoms with Gasteiger partial charge >= 0.3 is 5.97 Å². The van der Waals surface area contributed by atoms with Gasteiger partial charge in [-0.05, 0) is 31.2 Å². The Labute approximate surface area is 122 Å². The molecule has 1 N–H and O–H groups in total. The lowest BCUT2D eigenvalue weighted by atomic mass is 10.2. The fourth-order valence-corrected chi connectivity index (χ4v) is 1.87. The predicted molar refractivity (Wildman–Crippen MR) is 79.4 cm³/mol. The van der Waals surface area contributed by atoms with Crippen LogP contribution in [0.25, 0.3) is 6.08 Å². The average Bonchev–Trinajstić information content (AvgIpc) is 2.41. The highest BCUT2D eigenvalue weighted by atomic mass is 35.5. The zero-order valence-electron chi connectivity index (χ0n) is 10.8. The third-order valence-electron chi connectivity index (χ3n) is 2.64. The van der Waals surface area contributed by atoms with Crippen molar-refractivity contribution >= 4 is 23.6 Å². The van der Waals surface area contributed by atoms with Crippen LogP contribution in [0.4, 0.5) is 0 Å². The minimum absolute atomic E-state index is 0.429. The molecule has 0 atom stereocenters. The number of rotatable bonds is 4.